The second kappa shape index (κ2) is 6.85. The Morgan fingerprint density at radius 3 is 2.58 bits per heavy atom. The molecular formula is C17H17N5O3S. The van der Waals surface area contributed by atoms with E-state index in [9.17, 15) is 14.9 Å². The highest BCUT2D eigenvalue weighted by Crippen LogP contribution is 2.21. The number of aromatic nitrogens is 2. The fourth-order valence-corrected chi connectivity index (χ4v) is 3.89. The van der Waals surface area contributed by atoms with Crippen molar-refractivity contribution < 1.29 is 4.92 Å². The molecule has 134 valence electrons. The minimum absolute atomic E-state index is 0.0456. The van der Waals surface area contributed by atoms with Crippen molar-refractivity contribution in [1.29, 1.82) is 0 Å². The zero-order chi connectivity index (χ0) is 18.1. The highest BCUT2D eigenvalue weighted by Gasteiger charge is 2.19. The standard InChI is InChI=1S/C17H17N5O3S/c23-16-11-13(18-17-21(16)9-10-26-17)12-19-5-7-20(8-6-19)14-1-3-15(4-2-14)22(24)25/h1-4,9-11H,5-8,12H2. The Bertz CT molecular complexity index is 990. The van der Waals surface area contributed by atoms with Crippen LogP contribution in [0.15, 0.2) is 46.7 Å². The van der Waals surface area contributed by atoms with Crippen LogP contribution in [0.25, 0.3) is 4.96 Å². The van der Waals surface area contributed by atoms with Gasteiger partial charge in [0.15, 0.2) is 4.96 Å². The highest BCUT2D eigenvalue weighted by atomic mass is 32.1. The molecule has 0 aliphatic carbocycles. The lowest BCUT2D eigenvalue weighted by molar-refractivity contribution is -0.384. The summed E-state index contributed by atoms with van der Waals surface area (Å²) in [5.74, 6) is 0. The van der Waals surface area contributed by atoms with E-state index in [0.29, 0.717) is 6.54 Å². The van der Waals surface area contributed by atoms with E-state index in [-0.39, 0.29) is 16.2 Å². The van der Waals surface area contributed by atoms with Crippen LogP contribution in [0, 0.1) is 10.1 Å². The van der Waals surface area contributed by atoms with E-state index < -0.39 is 0 Å². The fraction of sp³-hybridized carbons (Fsp3) is 0.294. The van der Waals surface area contributed by atoms with Gasteiger partial charge in [-0.1, -0.05) is 0 Å². The fourth-order valence-electron chi connectivity index (χ4n) is 3.15. The van der Waals surface area contributed by atoms with E-state index in [0.717, 1.165) is 42.5 Å². The molecule has 2 aromatic heterocycles. The van der Waals surface area contributed by atoms with E-state index in [1.165, 1.54) is 23.5 Å². The minimum Gasteiger partial charge on any atom is -0.369 e. The van der Waals surface area contributed by atoms with Gasteiger partial charge in [0.2, 0.25) is 0 Å². The van der Waals surface area contributed by atoms with Gasteiger partial charge in [0.25, 0.3) is 11.2 Å². The summed E-state index contributed by atoms with van der Waals surface area (Å²) in [6.07, 6.45) is 1.74. The van der Waals surface area contributed by atoms with Gasteiger partial charge < -0.3 is 4.90 Å². The van der Waals surface area contributed by atoms with Gasteiger partial charge in [0.05, 0.1) is 10.6 Å². The summed E-state index contributed by atoms with van der Waals surface area (Å²) in [5.41, 5.74) is 1.84. The maximum atomic E-state index is 12.1. The predicted molar refractivity (Wildman–Crippen MR) is 99.9 cm³/mol. The van der Waals surface area contributed by atoms with Crippen LogP contribution in [0.5, 0.6) is 0 Å². The Labute approximate surface area is 153 Å². The average Bonchev–Trinajstić information content (AvgIpc) is 3.12. The Kier molecular flexibility index (Phi) is 4.39. The van der Waals surface area contributed by atoms with Gasteiger partial charge in [-0.05, 0) is 12.1 Å². The minimum atomic E-state index is -0.387. The smallest absolute Gasteiger partial charge is 0.269 e. The second-order valence-corrected chi connectivity index (χ2v) is 7.05. The molecule has 1 saturated heterocycles. The Hall–Kier alpha value is -2.78. The van der Waals surface area contributed by atoms with Crippen molar-refractivity contribution in [2.75, 3.05) is 31.1 Å². The predicted octanol–water partition coefficient (Wildman–Crippen LogP) is 1.99. The molecule has 1 fully saturated rings. The van der Waals surface area contributed by atoms with Crippen LogP contribution in [-0.2, 0) is 6.54 Å². The van der Waals surface area contributed by atoms with Crippen LogP contribution < -0.4 is 10.5 Å². The van der Waals surface area contributed by atoms with Gasteiger partial charge in [0, 0.05) is 68.2 Å². The van der Waals surface area contributed by atoms with Gasteiger partial charge >= 0.3 is 0 Å². The lowest BCUT2D eigenvalue weighted by Gasteiger charge is -2.35. The third-order valence-electron chi connectivity index (χ3n) is 4.54. The Morgan fingerprint density at radius 2 is 1.88 bits per heavy atom. The van der Waals surface area contributed by atoms with Gasteiger partial charge in [-0.2, -0.15) is 0 Å². The van der Waals surface area contributed by atoms with Gasteiger partial charge in [0.1, 0.15) is 0 Å². The summed E-state index contributed by atoms with van der Waals surface area (Å²) in [4.78, 5) is 32.2. The average molecular weight is 371 g/mol. The Balaban J connectivity index is 1.39. The van der Waals surface area contributed by atoms with Crippen molar-refractivity contribution >= 4 is 27.7 Å². The van der Waals surface area contributed by atoms with E-state index in [1.807, 2.05) is 5.38 Å². The highest BCUT2D eigenvalue weighted by molar-refractivity contribution is 7.15. The molecule has 0 bridgehead atoms. The molecule has 1 aromatic carbocycles. The normalized spacial score (nSPS) is 15.5. The first-order valence-corrected chi connectivity index (χ1v) is 9.16. The van der Waals surface area contributed by atoms with Gasteiger partial charge in [-0.15, -0.1) is 11.3 Å². The summed E-state index contributed by atoms with van der Waals surface area (Å²) in [7, 11) is 0. The lowest BCUT2D eigenvalue weighted by Crippen LogP contribution is -2.46. The van der Waals surface area contributed by atoms with Gasteiger partial charge in [-0.25, -0.2) is 4.98 Å². The molecule has 0 N–H and O–H groups in total. The molecule has 8 nitrogen and oxygen atoms in total. The van der Waals surface area contributed by atoms with Crippen LogP contribution in [0.2, 0.25) is 0 Å². The van der Waals surface area contributed by atoms with Crippen LogP contribution in [0.3, 0.4) is 0 Å². The third kappa shape index (κ3) is 3.31. The van der Waals surface area contributed by atoms with E-state index in [1.54, 1.807) is 28.8 Å². The molecule has 0 spiro atoms. The number of nitrogens with zero attached hydrogens (tertiary/aromatic N) is 5. The lowest BCUT2D eigenvalue weighted by atomic mass is 10.2. The molecule has 9 heteroatoms. The quantitative estimate of drug-likeness (QED) is 0.515. The van der Waals surface area contributed by atoms with Crippen LogP contribution >= 0.6 is 11.3 Å². The van der Waals surface area contributed by atoms with Crippen molar-refractivity contribution in [3.8, 4) is 0 Å². The van der Waals surface area contributed by atoms with Crippen LogP contribution in [-0.4, -0.2) is 45.4 Å². The SMILES string of the molecule is O=c1cc(CN2CCN(c3ccc([N+](=O)[O-])cc3)CC2)nc2sccn12. The van der Waals surface area contributed by atoms with Crippen LogP contribution in [0.1, 0.15) is 5.69 Å². The zero-order valence-electron chi connectivity index (χ0n) is 13.9. The topological polar surface area (TPSA) is 84.0 Å². The number of benzene rings is 1. The number of thiazole rings is 1. The number of non-ortho nitro benzene ring substituents is 1. The zero-order valence-corrected chi connectivity index (χ0v) is 14.8. The summed E-state index contributed by atoms with van der Waals surface area (Å²) >= 11 is 1.46. The largest absolute Gasteiger partial charge is 0.369 e. The molecule has 0 amide bonds. The first-order valence-electron chi connectivity index (χ1n) is 8.28. The van der Waals surface area contributed by atoms with E-state index in [4.69, 9.17) is 0 Å². The molecule has 1 aliphatic rings. The summed E-state index contributed by atoms with van der Waals surface area (Å²) in [6.45, 7) is 4.01. The summed E-state index contributed by atoms with van der Waals surface area (Å²) in [6, 6.07) is 8.26. The molecule has 0 radical (unpaired) electrons. The molecule has 1 aliphatic heterocycles. The molecule has 4 rings (SSSR count). The van der Waals surface area contributed by atoms with Crippen molar-refractivity contribution in [3.05, 3.63) is 68.1 Å². The molecule has 0 unspecified atom stereocenters. The number of nitro groups is 1. The van der Waals surface area contributed by atoms with Gasteiger partial charge in [-0.3, -0.25) is 24.2 Å². The number of anilines is 1. The number of nitro benzene ring substituents is 1. The molecular weight excluding hydrogens is 354 g/mol. The van der Waals surface area contributed by atoms with E-state index in [2.05, 4.69) is 14.8 Å². The number of hydrogen-bond donors (Lipinski definition) is 0. The maximum Gasteiger partial charge on any atom is 0.269 e. The molecule has 26 heavy (non-hydrogen) atoms. The van der Waals surface area contributed by atoms with Crippen molar-refractivity contribution in [1.82, 2.24) is 14.3 Å². The number of hydrogen-bond acceptors (Lipinski definition) is 7. The third-order valence-corrected chi connectivity index (χ3v) is 5.30. The number of piperazine rings is 1. The molecule has 3 aromatic rings. The molecule has 0 saturated carbocycles. The number of rotatable bonds is 4. The van der Waals surface area contributed by atoms with Crippen molar-refractivity contribution in [2.24, 2.45) is 0 Å². The number of fused-ring (bicyclic) bond motifs is 1. The van der Waals surface area contributed by atoms with E-state index >= 15 is 0 Å². The van der Waals surface area contributed by atoms with Crippen molar-refractivity contribution in [3.63, 3.8) is 0 Å². The first-order chi connectivity index (χ1) is 12.6. The summed E-state index contributed by atoms with van der Waals surface area (Å²) < 4.78 is 1.56. The Morgan fingerprint density at radius 1 is 1.15 bits per heavy atom. The second-order valence-electron chi connectivity index (χ2n) is 6.18. The molecule has 0 atom stereocenters. The maximum absolute atomic E-state index is 12.1. The molecule has 3 heterocycles. The van der Waals surface area contributed by atoms with Crippen LogP contribution in [0.4, 0.5) is 11.4 Å². The summed E-state index contributed by atoms with van der Waals surface area (Å²) in [5, 5.41) is 12.6. The van der Waals surface area contributed by atoms with Crippen molar-refractivity contribution in [2.45, 2.75) is 6.54 Å². The first kappa shape index (κ1) is 16.7. The monoisotopic (exact) mass is 371 g/mol.